The number of carbonyl (C=O) groups is 2. The van der Waals surface area contributed by atoms with Crippen LogP contribution in [-0.2, 0) is 4.79 Å². The van der Waals surface area contributed by atoms with E-state index < -0.39 is 11.9 Å². The minimum Gasteiger partial charge on any atom is -0.481 e. The lowest BCUT2D eigenvalue weighted by atomic mass is 9.93. The maximum atomic E-state index is 12.8. The number of nitrogens with zero attached hydrogens (tertiary/aromatic N) is 1. The van der Waals surface area contributed by atoms with Crippen molar-refractivity contribution in [2.24, 2.45) is 5.92 Å². The molecule has 1 saturated heterocycles. The molecule has 1 N–H and O–H groups in total. The summed E-state index contributed by atoms with van der Waals surface area (Å²) in [4.78, 5) is 25.6. The Balaban J connectivity index is 1.91. The van der Waals surface area contributed by atoms with Crippen LogP contribution in [0.25, 0.3) is 11.0 Å². The van der Waals surface area contributed by atoms with Crippen LogP contribution in [0, 0.1) is 19.8 Å². The summed E-state index contributed by atoms with van der Waals surface area (Å²) in [6.07, 6.45) is 1.31. The largest absolute Gasteiger partial charge is 0.481 e. The summed E-state index contributed by atoms with van der Waals surface area (Å²) in [5.41, 5.74) is 2.95. The highest BCUT2D eigenvalue weighted by molar-refractivity contribution is 5.96. The van der Waals surface area contributed by atoms with Crippen LogP contribution >= 0.6 is 0 Å². The van der Waals surface area contributed by atoms with Crippen LogP contribution in [0.4, 0.5) is 0 Å². The van der Waals surface area contributed by atoms with Gasteiger partial charge in [-0.3, -0.25) is 9.59 Å². The lowest BCUT2D eigenvalue weighted by Crippen LogP contribution is -2.47. The number of rotatable bonds is 2. The average molecular weight is 315 g/mol. The highest BCUT2D eigenvalue weighted by Crippen LogP contribution is 2.27. The molecule has 5 nitrogen and oxygen atoms in total. The summed E-state index contributed by atoms with van der Waals surface area (Å²) >= 11 is 0. The molecule has 3 rings (SSSR count). The smallest absolute Gasteiger partial charge is 0.308 e. The molecule has 0 saturated carbocycles. The lowest BCUT2D eigenvalue weighted by molar-refractivity contribution is -0.143. The van der Waals surface area contributed by atoms with Gasteiger partial charge in [-0.15, -0.1) is 0 Å². The van der Waals surface area contributed by atoms with Gasteiger partial charge in [0.25, 0.3) is 5.91 Å². The van der Waals surface area contributed by atoms with Crippen molar-refractivity contribution in [2.45, 2.75) is 39.7 Å². The first-order chi connectivity index (χ1) is 10.9. The third kappa shape index (κ3) is 2.83. The van der Waals surface area contributed by atoms with Crippen LogP contribution in [-0.4, -0.2) is 34.5 Å². The van der Waals surface area contributed by atoms with Crippen LogP contribution in [0.2, 0.25) is 0 Å². The zero-order valence-corrected chi connectivity index (χ0v) is 13.6. The van der Waals surface area contributed by atoms with Gasteiger partial charge in [0, 0.05) is 18.0 Å². The summed E-state index contributed by atoms with van der Waals surface area (Å²) in [6.45, 7) is 6.22. The first-order valence-electron chi connectivity index (χ1n) is 7.91. The van der Waals surface area contributed by atoms with Gasteiger partial charge >= 0.3 is 5.97 Å². The first kappa shape index (κ1) is 15.6. The number of aliphatic carboxylic acids is 1. The van der Waals surface area contributed by atoms with Gasteiger partial charge < -0.3 is 14.4 Å². The van der Waals surface area contributed by atoms with Crippen LogP contribution < -0.4 is 0 Å². The monoisotopic (exact) mass is 315 g/mol. The number of piperidine rings is 1. The van der Waals surface area contributed by atoms with Gasteiger partial charge in [-0.25, -0.2) is 0 Å². The maximum Gasteiger partial charge on any atom is 0.308 e. The summed E-state index contributed by atoms with van der Waals surface area (Å²) in [5.74, 6) is -1.28. The maximum absolute atomic E-state index is 12.8. The highest BCUT2D eigenvalue weighted by atomic mass is 16.4. The fourth-order valence-electron chi connectivity index (χ4n) is 3.14. The second-order valence-corrected chi connectivity index (χ2v) is 6.50. The van der Waals surface area contributed by atoms with Crippen LogP contribution in [0.15, 0.2) is 22.6 Å². The van der Waals surface area contributed by atoms with E-state index in [1.165, 1.54) is 0 Å². The molecule has 1 amide bonds. The van der Waals surface area contributed by atoms with Crippen molar-refractivity contribution in [3.63, 3.8) is 0 Å². The molecule has 0 bridgehead atoms. The van der Waals surface area contributed by atoms with Gasteiger partial charge in [-0.1, -0.05) is 0 Å². The highest BCUT2D eigenvalue weighted by Gasteiger charge is 2.34. The molecule has 2 aromatic rings. The van der Waals surface area contributed by atoms with E-state index in [0.29, 0.717) is 18.4 Å². The minimum absolute atomic E-state index is 0.0229. The number of hydrogen-bond donors (Lipinski definition) is 1. The number of likely N-dealkylation sites (tertiary alicyclic amines) is 1. The van der Waals surface area contributed by atoms with Crippen molar-refractivity contribution in [3.05, 3.63) is 35.1 Å². The molecule has 0 spiro atoms. The van der Waals surface area contributed by atoms with E-state index in [1.54, 1.807) is 11.0 Å². The van der Waals surface area contributed by atoms with Crippen LogP contribution in [0.3, 0.4) is 0 Å². The number of furan rings is 1. The first-order valence-corrected chi connectivity index (χ1v) is 7.91. The molecule has 0 aliphatic carbocycles. The molecule has 5 heteroatoms. The van der Waals surface area contributed by atoms with Crippen molar-refractivity contribution < 1.29 is 19.1 Å². The fourth-order valence-corrected chi connectivity index (χ4v) is 3.14. The molecule has 0 radical (unpaired) electrons. The van der Waals surface area contributed by atoms with Crippen molar-refractivity contribution in [1.29, 1.82) is 0 Å². The number of fused-ring (bicyclic) bond motifs is 1. The topological polar surface area (TPSA) is 70.8 Å². The third-order valence-electron chi connectivity index (χ3n) is 4.84. The van der Waals surface area contributed by atoms with Crippen molar-refractivity contribution in [2.75, 3.05) is 6.54 Å². The molecule has 2 heterocycles. The molecule has 1 fully saturated rings. The summed E-state index contributed by atoms with van der Waals surface area (Å²) < 4.78 is 5.72. The predicted octanol–water partition coefficient (Wildman–Crippen LogP) is 3.37. The number of benzene rings is 1. The number of hydrogen-bond acceptors (Lipinski definition) is 3. The van der Waals surface area contributed by atoms with E-state index in [4.69, 9.17) is 4.42 Å². The van der Waals surface area contributed by atoms with Gasteiger partial charge in [-0.2, -0.15) is 0 Å². The molecular formula is C18H21NO4. The van der Waals surface area contributed by atoms with Crippen molar-refractivity contribution in [1.82, 2.24) is 4.90 Å². The fraction of sp³-hybridized carbons (Fsp3) is 0.444. The van der Waals surface area contributed by atoms with Crippen LogP contribution in [0.1, 0.15) is 41.4 Å². The van der Waals surface area contributed by atoms with Crippen molar-refractivity contribution in [3.8, 4) is 0 Å². The Morgan fingerprint density at radius 2 is 1.87 bits per heavy atom. The number of carboxylic acids is 1. The molecule has 23 heavy (non-hydrogen) atoms. The van der Waals surface area contributed by atoms with E-state index in [-0.39, 0.29) is 24.3 Å². The number of carbonyl (C=O) groups excluding carboxylic acids is 1. The molecule has 1 aromatic heterocycles. The Morgan fingerprint density at radius 1 is 1.17 bits per heavy atom. The van der Waals surface area contributed by atoms with Gasteiger partial charge in [0.1, 0.15) is 5.58 Å². The molecule has 2 atom stereocenters. The predicted molar refractivity (Wildman–Crippen MR) is 86.5 cm³/mol. The molecule has 1 aliphatic rings. The molecule has 2 unspecified atom stereocenters. The molecule has 1 aliphatic heterocycles. The van der Waals surface area contributed by atoms with Gasteiger partial charge in [0.15, 0.2) is 5.76 Å². The zero-order chi connectivity index (χ0) is 16.7. The van der Waals surface area contributed by atoms with Crippen LogP contribution in [0.5, 0.6) is 0 Å². The number of aryl methyl sites for hydroxylation is 2. The van der Waals surface area contributed by atoms with E-state index in [9.17, 15) is 14.7 Å². The van der Waals surface area contributed by atoms with E-state index in [0.717, 1.165) is 16.5 Å². The number of amides is 1. The molecule has 122 valence electrons. The zero-order valence-electron chi connectivity index (χ0n) is 13.6. The lowest BCUT2D eigenvalue weighted by Gasteiger charge is -2.35. The molecular weight excluding hydrogens is 294 g/mol. The normalized spacial score (nSPS) is 21.6. The van der Waals surface area contributed by atoms with E-state index >= 15 is 0 Å². The summed E-state index contributed by atoms with van der Waals surface area (Å²) in [7, 11) is 0. The standard InChI is InChI=1S/C18H21NO4/c1-10-6-14-8-16(23-15(14)7-11(10)2)17(20)19-9-13(18(21)22)5-4-12(19)3/h6-8,12-13H,4-5,9H2,1-3H3,(H,21,22). The van der Waals surface area contributed by atoms with E-state index in [2.05, 4.69) is 0 Å². The molecule has 1 aromatic carbocycles. The van der Waals surface area contributed by atoms with Crippen molar-refractivity contribution >= 4 is 22.8 Å². The van der Waals surface area contributed by atoms with Gasteiger partial charge in [0.05, 0.1) is 5.92 Å². The minimum atomic E-state index is -0.842. The quantitative estimate of drug-likeness (QED) is 0.922. The third-order valence-corrected chi connectivity index (χ3v) is 4.84. The Labute approximate surface area is 134 Å². The second kappa shape index (κ2) is 5.72. The van der Waals surface area contributed by atoms with E-state index in [1.807, 2.05) is 32.9 Å². The Kier molecular flexibility index (Phi) is 3.88. The van der Waals surface area contributed by atoms with Gasteiger partial charge in [0.2, 0.25) is 0 Å². The number of carboxylic acid groups (broad SMARTS) is 1. The Hall–Kier alpha value is -2.30. The average Bonchev–Trinajstić information content (AvgIpc) is 2.90. The van der Waals surface area contributed by atoms with Gasteiger partial charge in [-0.05, 0) is 62.9 Å². The second-order valence-electron chi connectivity index (χ2n) is 6.50. The SMILES string of the molecule is Cc1cc2cc(C(=O)N3CC(C(=O)O)CCC3C)oc2cc1C. The Morgan fingerprint density at radius 3 is 2.57 bits per heavy atom. The summed E-state index contributed by atoms with van der Waals surface area (Å²) in [6, 6.07) is 5.71. The summed E-state index contributed by atoms with van der Waals surface area (Å²) in [5, 5.41) is 10.1. The Bertz CT molecular complexity index is 738.